The summed E-state index contributed by atoms with van der Waals surface area (Å²) >= 11 is 0. The SMILES string of the molecule is COc1ccc(CNc2ncc(Cn3cc4ccccc4c3)c3nc(-c4ccco4)nn23)cc1OC. The number of rotatable bonds is 8. The number of nitrogens with one attached hydrogen (secondary N) is 1. The molecule has 0 atom stereocenters. The first-order chi connectivity index (χ1) is 17.7. The summed E-state index contributed by atoms with van der Waals surface area (Å²) in [6.07, 6.45) is 7.71. The summed E-state index contributed by atoms with van der Waals surface area (Å²) in [7, 11) is 3.24. The number of nitrogens with zero attached hydrogens (tertiary/aromatic N) is 5. The van der Waals surface area contributed by atoms with Gasteiger partial charge in [-0.2, -0.15) is 4.52 Å². The van der Waals surface area contributed by atoms with Crippen LogP contribution in [-0.2, 0) is 13.1 Å². The predicted octanol–water partition coefficient (Wildman–Crippen LogP) is 5.02. The zero-order chi connectivity index (χ0) is 24.5. The van der Waals surface area contributed by atoms with E-state index in [1.54, 1.807) is 25.0 Å². The number of furan rings is 1. The molecule has 0 aliphatic rings. The fourth-order valence-electron chi connectivity index (χ4n) is 4.26. The average Bonchev–Trinajstić information content (AvgIpc) is 3.67. The van der Waals surface area contributed by atoms with Crippen LogP contribution in [0.4, 0.5) is 5.95 Å². The molecule has 36 heavy (non-hydrogen) atoms. The van der Waals surface area contributed by atoms with Crippen LogP contribution < -0.4 is 14.8 Å². The largest absolute Gasteiger partial charge is 0.493 e. The number of benzene rings is 2. The highest BCUT2D eigenvalue weighted by molar-refractivity contribution is 5.82. The molecule has 6 aromatic rings. The molecule has 2 aromatic carbocycles. The Morgan fingerprint density at radius 2 is 1.75 bits per heavy atom. The molecule has 0 aliphatic heterocycles. The van der Waals surface area contributed by atoms with Crippen molar-refractivity contribution in [3.8, 4) is 23.1 Å². The molecule has 0 unspecified atom stereocenters. The van der Waals surface area contributed by atoms with Crippen molar-refractivity contribution in [3.63, 3.8) is 0 Å². The molecule has 4 heterocycles. The summed E-state index contributed by atoms with van der Waals surface area (Å²) in [5.41, 5.74) is 2.67. The smallest absolute Gasteiger partial charge is 0.226 e. The third-order valence-corrected chi connectivity index (χ3v) is 6.04. The molecule has 0 aliphatic carbocycles. The number of aromatic nitrogens is 5. The lowest BCUT2D eigenvalue weighted by atomic mass is 10.2. The Morgan fingerprint density at radius 3 is 2.47 bits per heavy atom. The highest BCUT2D eigenvalue weighted by Crippen LogP contribution is 2.28. The van der Waals surface area contributed by atoms with E-state index < -0.39 is 0 Å². The van der Waals surface area contributed by atoms with Crippen LogP contribution in [0, 0.1) is 0 Å². The molecule has 0 saturated heterocycles. The molecule has 180 valence electrons. The van der Waals surface area contributed by atoms with E-state index in [0.29, 0.717) is 47.8 Å². The van der Waals surface area contributed by atoms with Crippen molar-refractivity contribution in [2.75, 3.05) is 19.5 Å². The Bertz CT molecular complexity index is 1620. The fourth-order valence-corrected chi connectivity index (χ4v) is 4.26. The molecule has 9 heteroatoms. The van der Waals surface area contributed by atoms with Gasteiger partial charge in [0, 0.05) is 30.7 Å². The zero-order valence-corrected chi connectivity index (χ0v) is 19.9. The first-order valence-electron chi connectivity index (χ1n) is 11.5. The molecule has 0 saturated carbocycles. The third kappa shape index (κ3) is 4.00. The number of hydrogen-bond donors (Lipinski definition) is 1. The van der Waals surface area contributed by atoms with E-state index in [1.807, 2.05) is 48.7 Å². The highest BCUT2D eigenvalue weighted by Gasteiger charge is 2.16. The van der Waals surface area contributed by atoms with Crippen molar-refractivity contribution >= 4 is 22.4 Å². The second-order valence-electron chi connectivity index (χ2n) is 8.36. The summed E-state index contributed by atoms with van der Waals surface area (Å²) < 4.78 is 20.2. The van der Waals surface area contributed by atoms with E-state index in [0.717, 1.165) is 11.1 Å². The summed E-state index contributed by atoms with van der Waals surface area (Å²) in [4.78, 5) is 9.49. The number of ether oxygens (including phenoxy) is 2. The van der Waals surface area contributed by atoms with Crippen molar-refractivity contribution in [1.29, 1.82) is 0 Å². The molecule has 0 radical (unpaired) electrons. The molecule has 6 rings (SSSR count). The quantitative estimate of drug-likeness (QED) is 0.327. The van der Waals surface area contributed by atoms with Gasteiger partial charge in [-0.3, -0.25) is 0 Å². The van der Waals surface area contributed by atoms with Gasteiger partial charge in [0.25, 0.3) is 0 Å². The Kier molecular flexibility index (Phi) is 5.49. The monoisotopic (exact) mass is 480 g/mol. The lowest BCUT2D eigenvalue weighted by Crippen LogP contribution is -2.10. The minimum Gasteiger partial charge on any atom is -0.493 e. The highest BCUT2D eigenvalue weighted by atomic mass is 16.5. The van der Waals surface area contributed by atoms with E-state index in [-0.39, 0.29) is 0 Å². The van der Waals surface area contributed by atoms with E-state index in [9.17, 15) is 0 Å². The molecule has 0 spiro atoms. The number of methoxy groups -OCH3 is 2. The zero-order valence-electron chi connectivity index (χ0n) is 19.9. The van der Waals surface area contributed by atoms with E-state index in [1.165, 1.54) is 10.8 Å². The second-order valence-corrected chi connectivity index (χ2v) is 8.36. The maximum atomic E-state index is 5.55. The maximum absolute atomic E-state index is 5.55. The van der Waals surface area contributed by atoms with E-state index >= 15 is 0 Å². The van der Waals surface area contributed by atoms with Crippen LogP contribution in [0.3, 0.4) is 0 Å². The predicted molar refractivity (Wildman–Crippen MR) is 136 cm³/mol. The van der Waals surface area contributed by atoms with Crippen molar-refractivity contribution in [3.05, 3.63) is 90.6 Å². The summed E-state index contributed by atoms with van der Waals surface area (Å²) in [6.45, 7) is 1.12. The Morgan fingerprint density at radius 1 is 0.944 bits per heavy atom. The lowest BCUT2D eigenvalue weighted by molar-refractivity contribution is 0.354. The van der Waals surface area contributed by atoms with Crippen LogP contribution in [0.1, 0.15) is 11.1 Å². The van der Waals surface area contributed by atoms with Crippen molar-refractivity contribution in [2.24, 2.45) is 0 Å². The average molecular weight is 481 g/mol. The van der Waals surface area contributed by atoms with Gasteiger partial charge in [0.1, 0.15) is 0 Å². The third-order valence-electron chi connectivity index (χ3n) is 6.04. The van der Waals surface area contributed by atoms with Gasteiger partial charge in [0.15, 0.2) is 22.9 Å². The van der Waals surface area contributed by atoms with Gasteiger partial charge in [0.05, 0.1) is 27.0 Å². The first-order valence-corrected chi connectivity index (χ1v) is 11.5. The van der Waals surface area contributed by atoms with Crippen LogP contribution in [0.25, 0.3) is 28.0 Å². The van der Waals surface area contributed by atoms with E-state index in [2.05, 4.69) is 34.4 Å². The van der Waals surface area contributed by atoms with Gasteiger partial charge < -0.3 is 23.8 Å². The maximum Gasteiger partial charge on any atom is 0.226 e. The second kappa shape index (κ2) is 9.10. The van der Waals surface area contributed by atoms with Gasteiger partial charge in [-0.1, -0.05) is 30.3 Å². The number of anilines is 1. The van der Waals surface area contributed by atoms with E-state index in [4.69, 9.17) is 29.0 Å². The van der Waals surface area contributed by atoms with Crippen molar-refractivity contribution in [1.82, 2.24) is 24.1 Å². The first kappa shape index (κ1) is 21.7. The standard InChI is InChI=1S/C27H24N6O3/c1-34-22-10-9-18(12-24(22)35-2)13-28-27-29-14-21(17-32-15-19-6-3-4-7-20(19)16-32)26-30-25(31-33(26)27)23-8-5-11-36-23/h3-12,14-16H,13,17H2,1-2H3,(H,28,29). The van der Waals surface area contributed by atoms with Crippen molar-refractivity contribution < 1.29 is 13.9 Å². The van der Waals surface area contributed by atoms with Gasteiger partial charge in [-0.25, -0.2) is 9.97 Å². The Labute approximate surface area is 206 Å². The summed E-state index contributed by atoms with van der Waals surface area (Å²) in [5.74, 6) is 3.03. The molecular weight excluding hydrogens is 456 g/mol. The lowest BCUT2D eigenvalue weighted by Gasteiger charge is -2.12. The van der Waals surface area contributed by atoms with Crippen LogP contribution in [0.5, 0.6) is 11.5 Å². The van der Waals surface area contributed by atoms with Gasteiger partial charge in [-0.15, -0.1) is 5.10 Å². The number of hydrogen-bond acceptors (Lipinski definition) is 7. The van der Waals surface area contributed by atoms with Gasteiger partial charge >= 0.3 is 0 Å². The summed E-state index contributed by atoms with van der Waals surface area (Å²) in [6, 6.07) is 17.8. The molecular formula is C27H24N6O3. The Balaban J connectivity index is 1.35. The Hall–Kier alpha value is -4.79. The molecule has 0 amide bonds. The van der Waals surface area contributed by atoms with Crippen LogP contribution in [0.2, 0.25) is 0 Å². The normalized spacial score (nSPS) is 11.3. The van der Waals surface area contributed by atoms with Crippen molar-refractivity contribution in [2.45, 2.75) is 13.1 Å². The van der Waals surface area contributed by atoms with Gasteiger partial charge in [-0.05, 0) is 40.6 Å². The molecule has 0 bridgehead atoms. The summed E-state index contributed by atoms with van der Waals surface area (Å²) in [5, 5.41) is 10.5. The topological polar surface area (TPSA) is 91.6 Å². The minimum absolute atomic E-state index is 0.501. The fraction of sp³-hybridized carbons (Fsp3) is 0.148. The van der Waals surface area contributed by atoms with Crippen LogP contribution in [0.15, 0.2) is 83.9 Å². The van der Waals surface area contributed by atoms with Crippen LogP contribution >= 0.6 is 0 Å². The van der Waals surface area contributed by atoms with Crippen LogP contribution in [-0.4, -0.2) is 38.4 Å². The molecule has 4 aromatic heterocycles. The minimum atomic E-state index is 0.501. The molecule has 0 fully saturated rings. The number of fused-ring (bicyclic) bond motifs is 2. The molecule has 9 nitrogen and oxygen atoms in total. The molecule has 1 N–H and O–H groups in total. The van der Waals surface area contributed by atoms with Gasteiger partial charge in [0.2, 0.25) is 11.8 Å².